The van der Waals surface area contributed by atoms with Crippen molar-refractivity contribution < 1.29 is 41.4 Å². The molecule has 0 aliphatic rings. The molecular weight excluding hydrogens is 463 g/mol. The van der Waals surface area contributed by atoms with Gasteiger partial charge in [0.2, 0.25) is 0 Å². The maximum absolute atomic E-state index is 13.7. The number of aliphatic imine (C=N–C) groups is 1. The lowest BCUT2D eigenvalue weighted by Crippen LogP contribution is -2.32. The average molecular weight is 482 g/mol. The fourth-order valence-corrected chi connectivity index (χ4v) is 2.89. The van der Waals surface area contributed by atoms with E-state index in [0.29, 0.717) is 11.6 Å². The van der Waals surface area contributed by atoms with Gasteiger partial charge in [0.25, 0.3) is 5.91 Å². The molecule has 0 unspecified atom stereocenters. The molecular formula is C23H19F5N2O4. The van der Waals surface area contributed by atoms with Gasteiger partial charge in [-0.3, -0.25) is 9.79 Å². The van der Waals surface area contributed by atoms with Gasteiger partial charge in [0, 0.05) is 30.3 Å². The third-order valence-electron chi connectivity index (χ3n) is 4.31. The zero-order chi connectivity index (χ0) is 25.5. The van der Waals surface area contributed by atoms with Gasteiger partial charge in [0.15, 0.2) is 0 Å². The molecule has 2 aromatic carbocycles. The van der Waals surface area contributed by atoms with Crippen LogP contribution in [0, 0.1) is 11.6 Å². The summed E-state index contributed by atoms with van der Waals surface area (Å²) in [6.45, 7) is 4.01. The lowest BCUT2D eigenvalue weighted by molar-refractivity contribution is -0.275. The second kappa shape index (κ2) is 11.2. The summed E-state index contributed by atoms with van der Waals surface area (Å²) < 4.78 is 69.7. The average Bonchev–Trinajstić information content (AvgIpc) is 2.72. The molecule has 0 radical (unpaired) electrons. The molecule has 1 N–H and O–H groups in total. The SMILES string of the molecule is C=N/C(=C\C=C(/C)CN(Cc1ccccc1OC(F)(F)F)C(=O)c1cc(F)cc(F)c1)C(=O)O. The maximum Gasteiger partial charge on any atom is 0.573 e. The van der Waals surface area contributed by atoms with Crippen molar-refractivity contribution in [2.75, 3.05) is 6.54 Å². The highest BCUT2D eigenvalue weighted by atomic mass is 19.4. The van der Waals surface area contributed by atoms with Crippen molar-refractivity contribution in [3.8, 4) is 5.75 Å². The Morgan fingerprint density at radius 2 is 1.74 bits per heavy atom. The molecule has 2 aromatic rings. The standard InChI is InChI=1S/C23H19F5N2O4/c1-14(7-8-19(29-2)22(32)33)12-30(21(31)16-9-17(24)11-18(25)10-16)13-15-5-3-4-6-20(15)34-23(26,27)28/h3-11H,2,12-13H2,1H3,(H,32,33)/b14-7+,19-8-. The van der Waals surface area contributed by atoms with Crippen LogP contribution in [0.2, 0.25) is 0 Å². The fourth-order valence-electron chi connectivity index (χ4n) is 2.89. The van der Waals surface area contributed by atoms with Crippen molar-refractivity contribution in [2.24, 2.45) is 4.99 Å². The van der Waals surface area contributed by atoms with Gasteiger partial charge in [-0.15, -0.1) is 13.2 Å². The Morgan fingerprint density at radius 1 is 1.12 bits per heavy atom. The molecule has 0 saturated heterocycles. The Kier molecular flexibility index (Phi) is 8.65. The van der Waals surface area contributed by atoms with Gasteiger partial charge in [-0.05, 0) is 37.9 Å². The summed E-state index contributed by atoms with van der Waals surface area (Å²) in [6, 6.07) is 7.26. The number of hydrogen-bond donors (Lipinski definition) is 1. The third kappa shape index (κ3) is 7.84. The van der Waals surface area contributed by atoms with E-state index in [4.69, 9.17) is 5.11 Å². The molecule has 34 heavy (non-hydrogen) atoms. The number of nitrogens with zero attached hydrogens (tertiary/aromatic N) is 2. The number of carbonyl (C=O) groups is 2. The van der Waals surface area contributed by atoms with E-state index in [9.17, 15) is 31.5 Å². The normalized spacial score (nSPS) is 12.3. The summed E-state index contributed by atoms with van der Waals surface area (Å²) in [5, 5.41) is 9.00. The zero-order valence-corrected chi connectivity index (χ0v) is 17.8. The highest BCUT2D eigenvalue weighted by Crippen LogP contribution is 2.28. The number of para-hydroxylation sites is 1. The van der Waals surface area contributed by atoms with Crippen LogP contribution in [0.15, 0.2) is 70.9 Å². The summed E-state index contributed by atoms with van der Waals surface area (Å²) in [4.78, 5) is 28.5. The van der Waals surface area contributed by atoms with Crippen LogP contribution < -0.4 is 4.74 Å². The number of carboxylic acid groups (broad SMARTS) is 1. The topological polar surface area (TPSA) is 79.2 Å². The van der Waals surface area contributed by atoms with E-state index in [1.807, 2.05) is 0 Å². The summed E-state index contributed by atoms with van der Waals surface area (Å²) in [7, 11) is 0. The molecule has 0 fully saturated rings. The van der Waals surface area contributed by atoms with Gasteiger partial charge in [0.05, 0.1) is 0 Å². The molecule has 2 rings (SSSR count). The van der Waals surface area contributed by atoms with Crippen LogP contribution in [0.4, 0.5) is 22.0 Å². The second-order valence-corrected chi connectivity index (χ2v) is 7.00. The van der Waals surface area contributed by atoms with E-state index in [1.165, 1.54) is 31.2 Å². The first-order chi connectivity index (χ1) is 15.9. The van der Waals surface area contributed by atoms with E-state index in [-0.39, 0.29) is 23.4 Å². The minimum atomic E-state index is -4.98. The van der Waals surface area contributed by atoms with Gasteiger partial charge in [0.1, 0.15) is 23.1 Å². The first-order valence-electron chi connectivity index (χ1n) is 9.56. The van der Waals surface area contributed by atoms with Crippen molar-refractivity contribution in [1.29, 1.82) is 0 Å². The largest absolute Gasteiger partial charge is 0.573 e. The van der Waals surface area contributed by atoms with Crippen LogP contribution in [0.3, 0.4) is 0 Å². The predicted molar refractivity (Wildman–Crippen MR) is 113 cm³/mol. The molecule has 0 saturated carbocycles. The molecule has 0 spiro atoms. The summed E-state index contributed by atoms with van der Waals surface area (Å²) in [5.74, 6) is -4.80. The van der Waals surface area contributed by atoms with Crippen molar-refractivity contribution in [3.63, 3.8) is 0 Å². The number of carboxylic acids is 1. The first kappa shape index (κ1) is 26.2. The minimum absolute atomic E-state index is 0.0209. The van der Waals surface area contributed by atoms with E-state index >= 15 is 0 Å². The van der Waals surface area contributed by atoms with Crippen molar-refractivity contribution in [3.05, 3.63) is 88.6 Å². The molecule has 0 bridgehead atoms. The van der Waals surface area contributed by atoms with Crippen LogP contribution >= 0.6 is 0 Å². The molecule has 0 atom stereocenters. The minimum Gasteiger partial charge on any atom is -0.477 e. The van der Waals surface area contributed by atoms with Gasteiger partial charge in [-0.2, -0.15) is 0 Å². The first-order valence-corrected chi connectivity index (χ1v) is 9.56. The van der Waals surface area contributed by atoms with Gasteiger partial charge in [-0.1, -0.05) is 29.8 Å². The van der Waals surface area contributed by atoms with Gasteiger partial charge < -0.3 is 14.7 Å². The van der Waals surface area contributed by atoms with E-state index in [0.717, 1.165) is 29.2 Å². The van der Waals surface area contributed by atoms with Crippen molar-refractivity contribution in [2.45, 2.75) is 19.8 Å². The second-order valence-electron chi connectivity index (χ2n) is 7.00. The molecule has 0 aliphatic heterocycles. The number of hydrogen-bond acceptors (Lipinski definition) is 4. The molecule has 0 heterocycles. The molecule has 1 amide bonds. The smallest absolute Gasteiger partial charge is 0.477 e. The highest BCUT2D eigenvalue weighted by molar-refractivity contribution is 5.94. The van der Waals surface area contributed by atoms with Crippen LogP contribution in [0.25, 0.3) is 0 Å². The number of alkyl halides is 3. The highest BCUT2D eigenvalue weighted by Gasteiger charge is 2.32. The Labute approximate surface area is 191 Å². The van der Waals surface area contributed by atoms with E-state index in [1.54, 1.807) is 0 Å². The van der Waals surface area contributed by atoms with E-state index in [2.05, 4.69) is 16.4 Å². The summed E-state index contributed by atoms with van der Waals surface area (Å²) >= 11 is 0. The number of benzene rings is 2. The van der Waals surface area contributed by atoms with Crippen LogP contribution in [0.5, 0.6) is 5.75 Å². The molecule has 0 aliphatic carbocycles. The van der Waals surface area contributed by atoms with Gasteiger partial charge in [-0.25, -0.2) is 13.6 Å². The molecule has 180 valence electrons. The van der Waals surface area contributed by atoms with Crippen molar-refractivity contribution >= 4 is 18.6 Å². The number of carbonyl (C=O) groups excluding carboxylic acids is 1. The Bertz CT molecular complexity index is 1120. The quantitative estimate of drug-likeness (QED) is 0.233. The Hall–Kier alpha value is -4.02. The van der Waals surface area contributed by atoms with Crippen LogP contribution in [-0.2, 0) is 11.3 Å². The molecule has 6 nitrogen and oxygen atoms in total. The number of rotatable bonds is 9. The summed E-state index contributed by atoms with van der Waals surface area (Å²) in [6.07, 6.45) is -2.54. The summed E-state index contributed by atoms with van der Waals surface area (Å²) in [5.41, 5.74) is -0.378. The lowest BCUT2D eigenvalue weighted by Gasteiger charge is -2.25. The number of allylic oxidation sites excluding steroid dienone is 2. The van der Waals surface area contributed by atoms with Crippen molar-refractivity contribution in [1.82, 2.24) is 4.90 Å². The number of amides is 1. The predicted octanol–water partition coefficient (Wildman–Crippen LogP) is 5.12. The van der Waals surface area contributed by atoms with Crippen LogP contribution in [-0.4, -0.2) is 41.5 Å². The Balaban J connectivity index is 2.45. The number of aliphatic carboxylic acids is 1. The molecule has 11 heteroatoms. The third-order valence-corrected chi connectivity index (χ3v) is 4.31. The maximum atomic E-state index is 13.7. The number of ether oxygens (including phenoxy) is 1. The van der Waals surface area contributed by atoms with E-state index < -0.39 is 42.2 Å². The lowest BCUT2D eigenvalue weighted by atomic mass is 10.1. The molecule has 0 aromatic heterocycles. The number of halogens is 5. The fraction of sp³-hybridized carbons (Fsp3) is 0.174. The van der Waals surface area contributed by atoms with Gasteiger partial charge >= 0.3 is 12.3 Å². The zero-order valence-electron chi connectivity index (χ0n) is 17.8. The van der Waals surface area contributed by atoms with Crippen LogP contribution in [0.1, 0.15) is 22.8 Å². The Morgan fingerprint density at radius 3 is 2.29 bits per heavy atom. The monoisotopic (exact) mass is 482 g/mol.